The van der Waals surface area contributed by atoms with Crippen molar-refractivity contribution in [2.45, 2.75) is 44.9 Å². The van der Waals surface area contributed by atoms with E-state index in [1.54, 1.807) is 0 Å². The van der Waals surface area contributed by atoms with Crippen molar-refractivity contribution in [2.75, 3.05) is 13.1 Å². The summed E-state index contributed by atoms with van der Waals surface area (Å²) >= 11 is 0. The molecule has 1 aromatic carbocycles. The number of benzene rings is 1. The van der Waals surface area contributed by atoms with Gasteiger partial charge < -0.3 is 9.88 Å². The van der Waals surface area contributed by atoms with Crippen molar-refractivity contribution in [1.82, 2.24) is 14.9 Å². The summed E-state index contributed by atoms with van der Waals surface area (Å²) in [5.74, 6) is 0.604. The monoisotopic (exact) mass is 361 g/mol. The zero-order valence-electron chi connectivity index (χ0n) is 16.3. The van der Waals surface area contributed by atoms with E-state index in [0.29, 0.717) is 5.92 Å². The Hall–Kier alpha value is -2.62. The maximum absolute atomic E-state index is 12.9. The van der Waals surface area contributed by atoms with Crippen LogP contribution < -0.4 is 0 Å². The lowest BCUT2D eigenvalue weighted by molar-refractivity contribution is 0.0713. The van der Waals surface area contributed by atoms with Gasteiger partial charge in [0.25, 0.3) is 5.91 Å². The molecule has 0 saturated carbocycles. The quantitative estimate of drug-likeness (QED) is 0.707. The van der Waals surface area contributed by atoms with Gasteiger partial charge in [-0.05, 0) is 59.6 Å². The number of H-pyrrole nitrogens is 1. The van der Waals surface area contributed by atoms with Crippen molar-refractivity contribution in [3.8, 4) is 0 Å². The lowest BCUT2D eigenvalue weighted by Gasteiger charge is -2.32. The summed E-state index contributed by atoms with van der Waals surface area (Å²) in [6, 6.07) is 12.1. The van der Waals surface area contributed by atoms with Crippen molar-refractivity contribution in [3.05, 3.63) is 65.5 Å². The fourth-order valence-electron chi connectivity index (χ4n) is 3.98. The molecular weight excluding hydrogens is 334 g/mol. The smallest absolute Gasteiger partial charge is 0.253 e. The summed E-state index contributed by atoms with van der Waals surface area (Å²) in [5, 5.41) is 0. The summed E-state index contributed by atoms with van der Waals surface area (Å²) in [4.78, 5) is 22.7. The molecule has 4 nitrogen and oxygen atoms in total. The molecule has 140 valence electrons. The molecular formula is C23H27N3O. The van der Waals surface area contributed by atoms with Gasteiger partial charge in [0.1, 0.15) is 0 Å². The Kier molecular flexibility index (Phi) is 4.50. The normalized spacial score (nSPS) is 16.0. The number of aromatic amines is 1. The molecule has 0 radical (unpaired) electrons. The van der Waals surface area contributed by atoms with Crippen LogP contribution in [0.2, 0.25) is 0 Å². The highest BCUT2D eigenvalue weighted by Gasteiger charge is 2.26. The summed E-state index contributed by atoms with van der Waals surface area (Å²) in [7, 11) is 0. The molecule has 4 heteroatoms. The molecule has 0 spiro atoms. The lowest BCUT2D eigenvalue weighted by Crippen LogP contribution is -2.37. The molecule has 0 bridgehead atoms. The van der Waals surface area contributed by atoms with Crippen LogP contribution in [0.5, 0.6) is 0 Å². The molecule has 1 saturated heterocycles. The van der Waals surface area contributed by atoms with E-state index in [-0.39, 0.29) is 11.3 Å². The molecule has 1 N–H and O–H groups in total. The van der Waals surface area contributed by atoms with E-state index in [1.807, 2.05) is 29.3 Å². The minimum absolute atomic E-state index is 0.104. The third-order valence-corrected chi connectivity index (χ3v) is 5.68. The second kappa shape index (κ2) is 6.84. The highest BCUT2D eigenvalue weighted by molar-refractivity contribution is 5.94. The molecule has 4 rings (SSSR count). The van der Waals surface area contributed by atoms with Crippen LogP contribution in [-0.2, 0) is 5.41 Å². The van der Waals surface area contributed by atoms with E-state index in [4.69, 9.17) is 0 Å². The van der Waals surface area contributed by atoms with Gasteiger partial charge in [-0.3, -0.25) is 9.78 Å². The second-order valence-corrected chi connectivity index (χ2v) is 8.54. The van der Waals surface area contributed by atoms with Crippen LogP contribution in [0.1, 0.15) is 61.0 Å². The van der Waals surface area contributed by atoms with Crippen LogP contribution in [0.25, 0.3) is 11.0 Å². The number of piperidine rings is 1. The van der Waals surface area contributed by atoms with Crippen LogP contribution >= 0.6 is 0 Å². The van der Waals surface area contributed by atoms with Gasteiger partial charge in [-0.25, -0.2) is 0 Å². The number of fused-ring (bicyclic) bond motifs is 1. The van der Waals surface area contributed by atoms with E-state index in [1.165, 1.54) is 11.1 Å². The Labute approximate surface area is 160 Å². The summed E-state index contributed by atoms with van der Waals surface area (Å²) in [5.41, 5.74) is 5.59. The number of pyridine rings is 1. The number of hydrogen-bond donors (Lipinski definition) is 1. The second-order valence-electron chi connectivity index (χ2n) is 8.54. The number of aromatic nitrogens is 2. The van der Waals surface area contributed by atoms with E-state index in [0.717, 1.165) is 42.5 Å². The third-order valence-electron chi connectivity index (χ3n) is 5.68. The first-order chi connectivity index (χ1) is 12.9. The maximum atomic E-state index is 12.9. The molecule has 0 aliphatic carbocycles. The number of nitrogens with one attached hydrogen (secondary N) is 1. The number of carbonyl (C=O) groups is 1. The number of hydrogen-bond acceptors (Lipinski definition) is 2. The number of nitrogens with zero attached hydrogens (tertiary/aromatic N) is 2. The van der Waals surface area contributed by atoms with Gasteiger partial charge in [0.2, 0.25) is 0 Å². The Morgan fingerprint density at radius 2 is 1.81 bits per heavy atom. The topological polar surface area (TPSA) is 49.0 Å². The molecule has 3 heterocycles. The Balaban J connectivity index is 1.43. The average Bonchev–Trinajstić information content (AvgIpc) is 3.11. The molecule has 3 aromatic rings. The first kappa shape index (κ1) is 17.8. The van der Waals surface area contributed by atoms with Gasteiger partial charge >= 0.3 is 0 Å². The minimum atomic E-state index is 0.104. The number of rotatable bonds is 2. The fourth-order valence-corrected chi connectivity index (χ4v) is 3.98. The standard InChI is InChI=1S/C23H27N3O/c1-23(2,3)18-8-6-17(7-9-18)22(27)26-13-10-16(11-14-26)19-15-25-20-5-4-12-24-21(19)20/h4-9,12,15-16,25H,10-11,13-14H2,1-3H3. The molecule has 1 amide bonds. The van der Waals surface area contributed by atoms with Crippen molar-refractivity contribution in [1.29, 1.82) is 0 Å². The average molecular weight is 361 g/mol. The first-order valence-electron chi connectivity index (χ1n) is 9.75. The number of carbonyl (C=O) groups excluding carboxylic acids is 1. The van der Waals surface area contributed by atoms with E-state index < -0.39 is 0 Å². The summed E-state index contributed by atoms with van der Waals surface area (Å²) < 4.78 is 0. The van der Waals surface area contributed by atoms with Crippen molar-refractivity contribution in [2.24, 2.45) is 0 Å². The van der Waals surface area contributed by atoms with E-state index in [9.17, 15) is 4.79 Å². The van der Waals surface area contributed by atoms with E-state index in [2.05, 4.69) is 55.1 Å². The SMILES string of the molecule is CC(C)(C)c1ccc(C(=O)N2CCC(c3c[nH]c4cccnc34)CC2)cc1. The predicted molar refractivity (Wildman–Crippen MR) is 109 cm³/mol. The largest absolute Gasteiger partial charge is 0.360 e. The molecule has 0 atom stereocenters. The van der Waals surface area contributed by atoms with Crippen molar-refractivity contribution < 1.29 is 4.79 Å². The maximum Gasteiger partial charge on any atom is 0.253 e. The molecule has 1 fully saturated rings. The van der Waals surface area contributed by atoms with Gasteiger partial charge in [-0.2, -0.15) is 0 Å². The van der Waals surface area contributed by atoms with Gasteiger partial charge in [0.15, 0.2) is 0 Å². The first-order valence-corrected chi connectivity index (χ1v) is 9.75. The van der Waals surface area contributed by atoms with Crippen molar-refractivity contribution >= 4 is 16.9 Å². The molecule has 2 aromatic heterocycles. The Morgan fingerprint density at radius 1 is 1.11 bits per heavy atom. The fraction of sp³-hybridized carbons (Fsp3) is 0.391. The van der Waals surface area contributed by atoms with E-state index >= 15 is 0 Å². The zero-order chi connectivity index (χ0) is 19.0. The van der Waals surface area contributed by atoms with Gasteiger partial charge in [0.05, 0.1) is 11.0 Å². The predicted octanol–water partition coefficient (Wildman–Crippen LogP) is 4.88. The Bertz CT molecular complexity index is 942. The lowest BCUT2D eigenvalue weighted by atomic mass is 9.86. The molecule has 1 aliphatic heterocycles. The zero-order valence-corrected chi connectivity index (χ0v) is 16.3. The molecule has 0 unspecified atom stereocenters. The summed E-state index contributed by atoms with van der Waals surface area (Å²) in [6.07, 6.45) is 5.90. The van der Waals surface area contributed by atoms with Gasteiger partial charge in [-0.15, -0.1) is 0 Å². The van der Waals surface area contributed by atoms with Crippen LogP contribution in [0.15, 0.2) is 48.8 Å². The van der Waals surface area contributed by atoms with Crippen LogP contribution in [0.3, 0.4) is 0 Å². The Morgan fingerprint density at radius 3 is 2.48 bits per heavy atom. The molecule has 1 aliphatic rings. The van der Waals surface area contributed by atoms with Gasteiger partial charge in [0, 0.05) is 31.0 Å². The van der Waals surface area contributed by atoms with Crippen LogP contribution in [-0.4, -0.2) is 33.9 Å². The third kappa shape index (κ3) is 3.48. The summed E-state index contributed by atoms with van der Waals surface area (Å²) in [6.45, 7) is 8.16. The number of likely N-dealkylation sites (tertiary alicyclic amines) is 1. The minimum Gasteiger partial charge on any atom is -0.360 e. The van der Waals surface area contributed by atoms with Crippen LogP contribution in [0.4, 0.5) is 0 Å². The van der Waals surface area contributed by atoms with Gasteiger partial charge in [-0.1, -0.05) is 32.9 Å². The van der Waals surface area contributed by atoms with Crippen molar-refractivity contribution in [3.63, 3.8) is 0 Å². The highest BCUT2D eigenvalue weighted by Crippen LogP contribution is 2.32. The number of amides is 1. The molecule has 27 heavy (non-hydrogen) atoms. The highest BCUT2D eigenvalue weighted by atomic mass is 16.2. The van der Waals surface area contributed by atoms with Crippen LogP contribution in [0, 0.1) is 0 Å².